The first-order valence-corrected chi connectivity index (χ1v) is 7.58. The fraction of sp³-hybridized carbons (Fsp3) is 0.231. The minimum atomic E-state index is 0.821. The zero-order valence-electron chi connectivity index (χ0n) is 10.4. The van der Waals surface area contributed by atoms with Crippen LogP contribution in [0.5, 0.6) is 0 Å². The molecule has 0 atom stereocenters. The van der Waals surface area contributed by atoms with E-state index < -0.39 is 0 Å². The standard InChI is InChI=1S/C13H15N3S2/c1-3-17-12-6-4-11(5-7-12)8-14-16-13-15-10(2)9-18-13/h4-9H,3H2,1-2H3,(H,15,16). The van der Waals surface area contributed by atoms with Crippen molar-refractivity contribution in [2.45, 2.75) is 18.7 Å². The van der Waals surface area contributed by atoms with Gasteiger partial charge in [0.2, 0.25) is 5.13 Å². The number of hydrogen-bond acceptors (Lipinski definition) is 5. The van der Waals surface area contributed by atoms with Gasteiger partial charge >= 0.3 is 0 Å². The molecule has 1 heterocycles. The highest BCUT2D eigenvalue weighted by atomic mass is 32.2. The molecule has 0 bridgehead atoms. The molecule has 0 unspecified atom stereocenters. The summed E-state index contributed by atoms with van der Waals surface area (Å²) in [5.74, 6) is 1.10. The Hall–Kier alpha value is -1.33. The first-order chi connectivity index (χ1) is 8.78. The van der Waals surface area contributed by atoms with Crippen molar-refractivity contribution in [3.63, 3.8) is 0 Å². The van der Waals surface area contributed by atoms with Gasteiger partial charge in [-0.1, -0.05) is 19.1 Å². The SMILES string of the molecule is CCSc1ccc(C=NNc2nc(C)cs2)cc1. The Kier molecular flexibility index (Phi) is 4.78. The van der Waals surface area contributed by atoms with E-state index in [-0.39, 0.29) is 0 Å². The molecule has 2 rings (SSSR count). The van der Waals surface area contributed by atoms with Crippen molar-refractivity contribution in [3.8, 4) is 0 Å². The summed E-state index contributed by atoms with van der Waals surface area (Å²) in [6.07, 6.45) is 1.80. The number of aryl methyl sites for hydroxylation is 1. The number of nitrogens with one attached hydrogen (secondary N) is 1. The van der Waals surface area contributed by atoms with Crippen LogP contribution in [-0.4, -0.2) is 17.0 Å². The molecule has 0 aliphatic carbocycles. The summed E-state index contributed by atoms with van der Waals surface area (Å²) in [6.45, 7) is 4.12. The molecule has 94 valence electrons. The Morgan fingerprint density at radius 1 is 1.39 bits per heavy atom. The summed E-state index contributed by atoms with van der Waals surface area (Å²) in [5.41, 5.74) is 5.02. The van der Waals surface area contributed by atoms with Crippen LogP contribution in [0.15, 0.2) is 39.6 Å². The maximum atomic E-state index is 4.27. The van der Waals surface area contributed by atoms with E-state index in [4.69, 9.17) is 0 Å². The summed E-state index contributed by atoms with van der Waals surface area (Å²) in [7, 11) is 0. The van der Waals surface area contributed by atoms with Crippen LogP contribution in [0.25, 0.3) is 0 Å². The van der Waals surface area contributed by atoms with Crippen molar-refractivity contribution < 1.29 is 0 Å². The Labute approximate surface area is 115 Å². The molecule has 0 spiro atoms. The second-order valence-corrected chi connectivity index (χ2v) is 5.86. The third kappa shape index (κ3) is 3.85. The van der Waals surface area contributed by atoms with Gasteiger partial charge in [-0.2, -0.15) is 5.10 Å². The van der Waals surface area contributed by atoms with Crippen molar-refractivity contribution in [1.29, 1.82) is 0 Å². The van der Waals surface area contributed by atoms with Gasteiger partial charge in [0.25, 0.3) is 0 Å². The molecule has 0 fully saturated rings. The van der Waals surface area contributed by atoms with Gasteiger partial charge in [-0.05, 0) is 30.4 Å². The number of nitrogens with zero attached hydrogens (tertiary/aromatic N) is 2. The Morgan fingerprint density at radius 3 is 2.78 bits per heavy atom. The summed E-state index contributed by atoms with van der Waals surface area (Å²) < 4.78 is 0. The van der Waals surface area contributed by atoms with Crippen LogP contribution >= 0.6 is 23.1 Å². The first kappa shape index (κ1) is 13.1. The first-order valence-electron chi connectivity index (χ1n) is 5.72. The van der Waals surface area contributed by atoms with Crippen LogP contribution < -0.4 is 5.43 Å². The Morgan fingerprint density at radius 2 is 2.17 bits per heavy atom. The maximum Gasteiger partial charge on any atom is 0.203 e. The van der Waals surface area contributed by atoms with E-state index >= 15 is 0 Å². The smallest absolute Gasteiger partial charge is 0.203 e. The maximum absolute atomic E-state index is 4.27. The van der Waals surface area contributed by atoms with Crippen molar-refractivity contribution in [2.75, 3.05) is 11.2 Å². The lowest BCUT2D eigenvalue weighted by atomic mass is 10.2. The van der Waals surface area contributed by atoms with Crippen LogP contribution in [0, 0.1) is 6.92 Å². The summed E-state index contributed by atoms with van der Waals surface area (Å²) in [6, 6.07) is 8.36. The van der Waals surface area contributed by atoms with E-state index in [0.717, 1.165) is 22.1 Å². The van der Waals surface area contributed by atoms with Gasteiger partial charge in [0.1, 0.15) is 0 Å². The molecular weight excluding hydrogens is 262 g/mol. The third-order valence-electron chi connectivity index (χ3n) is 2.18. The Balaban J connectivity index is 1.92. The molecule has 1 aromatic heterocycles. The van der Waals surface area contributed by atoms with E-state index in [1.807, 2.05) is 24.1 Å². The molecule has 0 aliphatic rings. The van der Waals surface area contributed by atoms with Gasteiger partial charge < -0.3 is 0 Å². The zero-order chi connectivity index (χ0) is 12.8. The molecule has 0 amide bonds. The van der Waals surface area contributed by atoms with E-state index in [2.05, 4.69) is 46.7 Å². The quantitative estimate of drug-likeness (QED) is 0.510. The molecule has 5 heteroatoms. The normalized spacial score (nSPS) is 11.0. The average molecular weight is 277 g/mol. The molecular formula is C13H15N3S2. The highest BCUT2D eigenvalue weighted by Gasteiger charge is 1.95. The molecule has 1 N–H and O–H groups in total. The summed E-state index contributed by atoms with van der Waals surface area (Å²) in [5, 5.41) is 6.98. The third-order valence-corrected chi connectivity index (χ3v) is 3.94. The van der Waals surface area contributed by atoms with E-state index in [1.54, 1.807) is 17.6 Å². The molecule has 18 heavy (non-hydrogen) atoms. The Bertz CT molecular complexity index is 517. The topological polar surface area (TPSA) is 37.3 Å². The molecule has 3 nitrogen and oxygen atoms in total. The molecule has 2 aromatic rings. The largest absolute Gasteiger partial charge is 0.253 e. The van der Waals surface area contributed by atoms with Crippen molar-refractivity contribution in [2.24, 2.45) is 5.10 Å². The zero-order valence-corrected chi connectivity index (χ0v) is 12.0. The second kappa shape index (κ2) is 6.56. The fourth-order valence-electron chi connectivity index (χ4n) is 1.38. The van der Waals surface area contributed by atoms with Crippen molar-refractivity contribution in [1.82, 2.24) is 4.98 Å². The minimum Gasteiger partial charge on any atom is -0.253 e. The summed E-state index contributed by atoms with van der Waals surface area (Å²) >= 11 is 3.39. The van der Waals surface area contributed by atoms with E-state index in [1.165, 1.54) is 4.90 Å². The van der Waals surface area contributed by atoms with Gasteiger partial charge in [0, 0.05) is 10.3 Å². The van der Waals surface area contributed by atoms with Gasteiger partial charge in [0.05, 0.1) is 11.9 Å². The van der Waals surface area contributed by atoms with Crippen LogP contribution in [0.1, 0.15) is 18.2 Å². The lowest BCUT2D eigenvalue weighted by Crippen LogP contribution is -1.90. The van der Waals surface area contributed by atoms with Gasteiger partial charge in [-0.25, -0.2) is 4.98 Å². The predicted octanol–water partition coefficient (Wildman–Crippen LogP) is 4.01. The monoisotopic (exact) mass is 277 g/mol. The van der Waals surface area contributed by atoms with Crippen LogP contribution in [-0.2, 0) is 0 Å². The highest BCUT2D eigenvalue weighted by Crippen LogP contribution is 2.17. The average Bonchev–Trinajstić information content (AvgIpc) is 2.78. The molecule has 0 saturated heterocycles. The van der Waals surface area contributed by atoms with Gasteiger partial charge in [0.15, 0.2) is 0 Å². The number of rotatable bonds is 5. The summed E-state index contributed by atoms with van der Waals surface area (Å²) in [4.78, 5) is 5.56. The molecule has 1 aromatic carbocycles. The number of thioether (sulfide) groups is 1. The lowest BCUT2D eigenvalue weighted by Gasteiger charge is -1.98. The van der Waals surface area contributed by atoms with E-state index in [9.17, 15) is 0 Å². The van der Waals surface area contributed by atoms with Crippen LogP contribution in [0.2, 0.25) is 0 Å². The van der Waals surface area contributed by atoms with Gasteiger partial charge in [-0.3, -0.25) is 5.43 Å². The van der Waals surface area contributed by atoms with Crippen molar-refractivity contribution in [3.05, 3.63) is 40.9 Å². The highest BCUT2D eigenvalue weighted by molar-refractivity contribution is 7.99. The predicted molar refractivity (Wildman–Crippen MR) is 80.9 cm³/mol. The van der Waals surface area contributed by atoms with Crippen molar-refractivity contribution >= 4 is 34.4 Å². The lowest BCUT2D eigenvalue weighted by molar-refractivity contribution is 1.22. The molecule has 0 radical (unpaired) electrons. The number of thiazole rings is 1. The second-order valence-electron chi connectivity index (χ2n) is 3.67. The fourth-order valence-corrected chi connectivity index (χ4v) is 2.68. The van der Waals surface area contributed by atoms with Gasteiger partial charge in [-0.15, -0.1) is 23.1 Å². The van der Waals surface area contributed by atoms with E-state index in [0.29, 0.717) is 0 Å². The minimum absolute atomic E-state index is 0.821. The number of benzene rings is 1. The number of anilines is 1. The van der Waals surface area contributed by atoms with Crippen LogP contribution in [0.3, 0.4) is 0 Å². The number of hydrazone groups is 1. The van der Waals surface area contributed by atoms with Crippen LogP contribution in [0.4, 0.5) is 5.13 Å². The molecule has 0 saturated carbocycles. The molecule has 0 aliphatic heterocycles. The number of aromatic nitrogens is 1. The number of hydrogen-bond donors (Lipinski definition) is 1.